The number of aromatic nitrogens is 5. The zero-order chi connectivity index (χ0) is 22.0. The molecule has 0 aromatic carbocycles. The number of halogens is 1. The first kappa shape index (κ1) is 20.7. The van der Waals surface area contributed by atoms with E-state index in [9.17, 15) is 14.0 Å². The van der Waals surface area contributed by atoms with Crippen molar-refractivity contribution in [1.29, 1.82) is 0 Å². The van der Waals surface area contributed by atoms with E-state index in [0.29, 0.717) is 43.6 Å². The molecule has 164 valence electrons. The molecule has 31 heavy (non-hydrogen) atoms. The predicted molar refractivity (Wildman–Crippen MR) is 110 cm³/mol. The van der Waals surface area contributed by atoms with Gasteiger partial charge in [-0.15, -0.1) is 5.10 Å². The van der Waals surface area contributed by atoms with Crippen LogP contribution in [0.1, 0.15) is 20.8 Å². The molecule has 4 heterocycles. The lowest BCUT2D eigenvalue weighted by Gasteiger charge is -2.26. The first-order valence-electron chi connectivity index (χ1n) is 9.82. The van der Waals surface area contributed by atoms with Gasteiger partial charge in [-0.25, -0.2) is 8.91 Å². The van der Waals surface area contributed by atoms with Crippen molar-refractivity contribution >= 4 is 29.1 Å². The van der Waals surface area contributed by atoms with Gasteiger partial charge in [-0.2, -0.15) is 10.1 Å². The van der Waals surface area contributed by atoms with Gasteiger partial charge >= 0.3 is 0 Å². The van der Waals surface area contributed by atoms with E-state index in [0.717, 1.165) is 0 Å². The Morgan fingerprint density at radius 1 is 1.32 bits per heavy atom. The summed E-state index contributed by atoms with van der Waals surface area (Å²) in [6.45, 7) is 1.54. The van der Waals surface area contributed by atoms with Crippen LogP contribution in [-0.2, 0) is 11.8 Å². The topological polar surface area (TPSA) is 110 Å². The smallest absolute Gasteiger partial charge is 0.274 e. The average Bonchev–Trinajstić information content (AvgIpc) is 3.37. The lowest BCUT2D eigenvalue weighted by atomic mass is 10.2. The summed E-state index contributed by atoms with van der Waals surface area (Å²) in [5.74, 6) is -0.337. The fraction of sp³-hybridized carbons (Fsp3) is 0.421. The van der Waals surface area contributed by atoms with E-state index in [4.69, 9.17) is 4.74 Å². The largest absolute Gasteiger partial charge is 0.378 e. The van der Waals surface area contributed by atoms with Crippen LogP contribution in [-0.4, -0.2) is 87.7 Å². The van der Waals surface area contributed by atoms with E-state index in [1.165, 1.54) is 15.4 Å². The number of hydrogen-bond acceptors (Lipinski definition) is 7. The van der Waals surface area contributed by atoms with Gasteiger partial charge in [-0.05, 0) is 6.07 Å². The van der Waals surface area contributed by atoms with Crippen LogP contribution in [0.25, 0.3) is 5.65 Å². The number of alkyl halides is 1. The normalized spacial score (nSPS) is 14.1. The Labute approximate surface area is 177 Å². The molecule has 3 aromatic rings. The Morgan fingerprint density at radius 3 is 2.84 bits per heavy atom. The third kappa shape index (κ3) is 4.19. The number of carbonyl (C=O) groups is 2. The Balaban J connectivity index is 1.55. The number of morpholine rings is 1. The van der Waals surface area contributed by atoms with Gasteiger partial charge in [0.1, 0.15) is 12.4 Å². The monoisotopic (exact) mass is 430 g/mol. The summed E-state index contributed by atoms with van der Waals surface area (Å²) in [6, 6.07) is 3.32. The molecule has 0 radical (unpaired) electrons. The van der Waals surface area contributed by atoms with Gasteiger partial charge in [-0.3, -0.25) is 14.3 Å². The highest BCUT2D eigenvalue weighted by Crippen LogP contribution is 2.18. The van der Waals surface area contributed by atoms with Crippen molar-refractivity contribution in [3.63, 3.8) is 0 Å². The minimum Gasteiger partial charge on any atom is -0.378 e. The molecule has 1 N–H and O–H groups in total. The van der Waals surface area contributed by atoms with Crippen LogP contribution in [0.5, 0.6) is 0 Å². The second-order valence-corrected chi connectivity index (χ2v) is 7.13. The number of nitrogens with one attached hydrogen (secondary N) is 1. The van der Waals surface area contributed by atoms with Crippen LogP contribution in [0.4, 0.5) is 16.0 Å². The maximum absolute atomic E-state index is 13.0. The minimum atomic E-state index is -0.510. The molecule has 12 heteroatoms. The quantitative estimate of drug-likeness (QED) is 0.610. The van der Waals surface area contributed by atoms with E-state index < -0.39 is 12.6 Å². The van der Waals surface area contributed by atoms with E-state index in [-0.39, 0.29) is 23.7 Å². The average molecular weight is 430 g/mol. The number of carbonyl (C=O) groups excluding carboxylic acids is 2. The van der Waals surface area contributed by atoms with Gasteiger partial charge in [-0.1, -0.05) is 0 Å². The van der Waals surface area contributed by atoms with Gasteiger partial charge in [0.05, 0.1) is 25.0 Å². The first-order chi connectivity index (χ1) is 15.0. The summed E-state index contributed by atoms with van der Waals surface area (Å²) in [6.07, 6.45) is 3.05. The molecule has 0 unspecified atom stereocenters. The van der Waals surface area contributed by atoms with Gasteiger partial charge < -0.3 is 19.9 Å². The molecule has 1 aliphatic heterocycles. The second-order valence-electron chi connectivity index (χ2n) is 7.13. The molecule has 0 atom stereocenters. The van der Waals surface area contributed by atoms with Crippen LogP contribution in [0.15, 0.2) is 24.5 Å². The van der Waals surface area contributed by atoms with Crippen molar-refractivity contribution in [2.24, 2.45) is 7.05 Å². The Hall–Kier alpha value is -3.54. The van der Waals surface area contributed by atoms with Crippen molar-refractivity contribution in [3.05, 3.63) is 35.8 Å². The highest BCUT2D eigenvalue weighted by molar-refractivity contribution is 6.11. The van der Waals surface area contributed by atoms with E-state index >= 15 is 0 Å². The van der Waals surface area contributed by atoms with E-state index in [1.807, 2.05) is 0 Å². The maximum atomic E-state index is 13.0. The molecule has 2 amide bonds. The number of pyridine rings is 1. The number of ether oxygens (including phenoxy) is 1. The Morgan fingerprint density at radius 2 is 2.10 bits per heavy atom. The molecule has 0 bridgehead atoms. The molecule has 1 aliphatic rings. The number of anilines is 2. The summed E-state index contributed by atoms with van der Waals surface area (Å²) >= 11 is 0. The number of nitrogens with zero attached hydrogens (tertiary/aromatic N) is 7. The van der Waals surface area contributed by atoms with Gasteiger partial charge in [0.2, 0.25) is 5.95 Å². The van der Waals surface area contributed by atoms with Gasteiger partial charge in [0.25, 0.3) is 11.8 Å². The van der Waals surface area contributed by atoms with E-state index in [1.54, 1.807) is 42.2 Å². The summed E-state index contributed by atoms with van der Waals surface area (Å²) in [5, 5.41) is 11.2. The van der Waals surface area contributed by atoms with Crippen LogP contribution in [0, 0.1) is 0 Å². The molecule has 3 aromatic heterocycles. The zero-order valence-corrected chi connectivity index (χ0v) is 17.3. The zero-order valence-electron chi connectivity index (χ0n) is 17.3. The van der Waals surface area contributed by atoms with Gasteiger partial charge in [0, 0.05) is 51.7 Å². The third-order valence-corrected chi connectivity index (χ3v) is 5.03. The lowest BCUT2D eigenvalue weighted by Crippen LogP contribution is -2.41. The first-order valence-corrected chi connectivity index (χ1v) is 9.82. The predicted octanol–water partition coefficient (Wildman–Crippen LogP) is 0.593. The highest BCUT2D eigenvalue weighted by atomic mass is 19.1. The van der Waals surface area contributed by atoms with Crippen LogP contribution < -0.4 is 10.2 Å². The van der Waals surface area contributed by atoms with Gasteiger partial charge in [0.15, 0.2) is 5.65 Å². The molecule has 4 rings (SSSR count). The lowest BCUT2D eigenvalue weighted by molar-refractivity contribution is 0.0302. The second kappa shape index (κ2) is 8.68. The summed E-state index contributed by atoms with van der Waals surface area (Å²) in [7, 11) is 3.31. The molecule has 0 spiro atoms. The molecule has 0 saturated carbocycles. The molecule has 0 aliphatic carbocycles. The summed E-state index contributed by atoms with van der Waals surface area (Å²) < 4.78 is 20.8. The van der Waals surface area contributed by atoms with Crippen molar-refractivity contribution < 1.29 is 18.7 Å². The molecule has 11 nitrogen and oxygen atoms in total. The van der Waals surface area contributed by atoms with Crippen LogP contribution in [0.2, 0.25) is 0 Å². The fourth-order valence-corrected chi connectivity index (χ4v) is 3.33. The SMILES string of the molecule is CN(CCF)c1nc2cc(NC(=O)c3c(C(=O)N4CCOCC4)cnn3C)ccn2n1. The van der Waals surface area contributed by atoms with Crippen molar-refractivity contribution in [2.75, 3.05) is 56.8 Å². The molecular weight excluding hydrogens is 407 g/mol. The number of hydrogen-bond donors (Lipinski definition) is 1. The number of fused-ring (bicyclic) bond motifs is 1. The number of amides is 2. The van der Waals surface area contributed by atoms with Crippen molar-refractivity contribution in [3.8, 4) is 0 Å². The molecule has 1 fully saturated rings. The molecular formula is C19H23FN8O3. The standard InChI is InChI=1S/C19H23FN8O3/c1-25(6-4-20)19-23-15-11-13(3-5-28(15)24-19)22-17(29)16-14(12-21-26(16)2)18(30)27-7-9-31-10-8-27/h3,5,11-12H,4,6-10H2,1-2H3,(H,22,29). The van der Waals surface area contributed by atoms with E-state index in [2.05, 4.69) is 20.5 Å². The van der Waals surface area contributed by atoms with Crippen molar-refractivity contribution in [1.82, 2.24) is 29.3 Å². The molecule has 1 saturated heterocycles. The Bertz CT molecular complexity index is 1100. The minimum absolute atomic E-state index is 0.168. The van der Waals surface area contributed by atoms with Crippen LogP contribution >= 0.6 is 0 Å². The number of rotatable bonds is 6. The van der Waals surface area contributed by atoms with Crippen molar-refractivity contribution in [2.45, 2.75) is 0 Å². The third-order valence-electron chi connectivity index (χ3n) is 5.03. The van der Waals surface area contributed by atoms with Crippen LogP contribution in [0.3, 0.4) is 0 Å². The fourth-order valence-electron chi connectivity index (χ4n) is 3.33. The number of aryl methyl sites for hydroxylation is 1. The maximum Gasteiger partial charge on any atom is 0.274 e. The highest BCUT2D eigenvalue weighted by Gasteiger charge is 2.27. The Kier molecular flexibility index (Phi) is 5.80. The summed E-state index contributed by atoms with van der Waals surface area (Å²) in [4.78, 5) is 33.5. The summed E-state index contributed by atoms with van der Waals surface area (Å²) in [5.41, 5.74) is 1.38.